The van der Waals surface area contributed by atoms with E-state index < -0.39 is 0 Å². The molecule has 2 N–H and O–H groups in total. The van der Waals surface area contributed by atoms with Gasteiger partial charge in [-0.25, -0.2) is 9.98 Å². The zero-order valence-electron chi connectivity index (χ0n) is 18.4. The molecule has 8 nitrogen and oxygen atoms in total. The minimum absolute atomic E-state index is 0.0416. The summed E-state index contributed by atoms with van der Waals surface area (Å²) in [5, 5.41) is 7.15. The lowest BCUT2D eigenvalue weighted by Crippen LogP contribution is -2.50. The Labute approximate surface area is 192 Å². The highest BCUT2D eigenvalue weighted by Crippen LogP contribution is 2.41. The van der Waals surface area contributed by atoms with Crippen LogP contribution < -0.4 is 10.6 Å². The van der Waals surface area contributed by atoms with Gasteiger partial charge >= 0.3 is 0 Å². The fraction of sp³-hybridized carbons (Fsp3) is 0.478. The fourth-order valence-electron chi connectivity index (χ4n) is 5.01. The highest BCUT2D eigenvalue weighted by molar-refractivity contribution is 7.99. The molecule has 3 aliphatic rings. The van der Waals surface area contributed by atoms with Crippen LogP contribution in [0.5, 0.6) is 0 Å². The maximum absolute atomic E-state index is 12.5. The van der Waals surface area contributed by atoms with E-state index in [2.05, 4.69) is 49.8 Å². The number of hydrogen-bond acceptors (Lipinski definition) is 7. The Morgan fingerprint density at radius 2 is 2.09 bits per heavy atom. The first-order chi connectivity index (χ1) is 15.6. The first-order valence-corrected chi connectivity index (χ1v) is 12.4. The molecule has 0 atom stereocenters. The number of anilines is 1. The first-order valence-electron chi connectivity index (χ1n) is 11.2. The summed E-state index contributed by atoms with van der Waals surface area (Å²) in [5.74, 6) is 3.33. The van der Waals surface area contributed by atoms with Gasteiger partial charge in [-0.2, -0.15) is 16.7 Å². The summed E-state index contributed by atoms with van der Waals surface area (Å²) in [4.78, 5) is 28.3. The number of aromatic nitrogens is 3. The number of fused-ring (bicyclic) bond motifs is 4. The van der Waals surface area contributed by atoms with Crippen molar-refractivity contribution in [3.8, 4) is 0 Å². The molecular weight excluding hydrogens is 422 g/mol. The van der Waals surface area contributed by atoms with Crippen molar-refractivity contribution in [3.63, 3.8) is 0 Å². The molecular formula is C23H29N7OS. The van der Waals surface area contributed by atoms with E-state index in [1.165, 1.54) is 18.5 Å². The van der Waals surface area contributed by atoms with Crippen molar-refractivity contribution in [1.82, 2.24) is 24.8 Å². The van der Waals surface area contributed by atoms with E-state index in [9.17, 15) is 4.79 Å². The van der Waals surface area contributed by atoms with Crippen LogP contribution in [0.1, 0.15) is 43.1 Å². The molecule has 0 bridgehead atoms. The van der Waals surface area contributed by atoms with E-state index in [0.29, 0.717) is 24.0 Å². The monoisotopic (exact) mass is 451 g/mol. The topological polar surface area (TPSA) is 87.4 Å². The SMILES string of the molecule is C=N/C(=C\C=C(/C)N1CCSCC1)Nc1ncc2cc3n(c2n1)C1(CCCC1)CNC3=O. The van der Waals surface area contributed by atoms with Crippen LogP contribution in [-0.2, 0) is 5.54 Å². The Kier molecular flexibility index (Phi) is 5.67. The Morgan fingerprint density at radius 1 is 1.31 bits per heavy atom. The molecule has 5 rings (SSSR count). The van der Waals surface area contributed by atoms with E-state index in [0.717, 1.165) is 48.5 Å². The van der Waals surface area contributed by atoms with Gasteiger partial charge in [0.15, 0.2) is 0 Å². The lowest BCUT2D eigenvalue weighted by Gasteiger charge is -2.37. The molecule has 1 spiro atoms. The minimum Gasteiger partial charge on any atom is -0.373 e. The van der Waals surface area contributed by atoms with Gasteiger partial charge in [0.25, 0.3) is 5.91 Å². The van der Waals surface area contributed by atoms with Gasteiger partial charge in [-0.1, -0.05) is 12.8 Å². The molecule has 2 fully saturated rings. The zero-order chi connectivity index (χ0) is 22.1. The van der Waals surface area contributed by atoms with Crippen LogP contribution in [-0.4, -0.2) is 63.2 Å². The average molecular weight is 452 g/mol. The van der Waals surface area contributed by atoms with Gasteiger partial charge in [0.05, 0.1) is 5.54 Å². The van der Waals surface area contributed by atoms with Crippen molar-refractivity contribution >= 4 is 41.4 Å². The molecule has 9 heteroatoms. The molecule has 0 unspecified atom stereocenters. The van der Waals surface area contributed by atoms with Crippen LogP contribution in [0.4, 0.5) is 5.95 Å². The highest BCUT2D eigenvalue weighted by atomic mass is 32.2. The minimum atomic E-state index is -0.0848. The highest BCUT2D eigenvalue weighted by Gasteiger charge is 2.42. The predicted octanol–water partition coefficient (Wildman–Crippen LogP) is 3.35. The van der Waals surface area contributed by atoms with E-state index in [1.807, 2.05) is 23.9 Å². The molecule has 0 radical (unpaired) electrons. The van der Waals surface area contributed by atoms with E-state index in [4.69, 9.17) is 4.98 Å². The van der Waals surface area contributed by atoms with Crippen molar-refractivity contribution in [2.45, 2.75) is 38.1 Å². The number of thioether (sulfide) groups is 1. The van der Waals surface area contributed by atoms with Crippen LogP contribution in [0.2, 0.25) is 0 Å². The molecule has 0 aromatic carbocycles. The zero-order valence-corrected chi connectivity index (χ0v) is 19.2. The van der Waals surface area contributed by atoms with Gasteiger partial charge in [-0.15, -0.1) is 0 Å². The standard InChI is InChI=1S/C23H29N7OS/c1-16(29-9-11-32-12-10-29)5-6-19(24-2)27-22-25-14-17-13-18-21(31)26-15-23(7-3-4-8-23)30(18)20(17)28-22/h5-6,13-14H,2-4,7-12,15H2,1H3,(H,26,31)(H,25,27,28)/b16-5+,19-6+. The number of carbonyl (C=O) groups excluding carboxylic acids is 1. The van der Waals surface area contributed by atoms with Crippen molar-refractivity contribution in [2.24, 2.45) is 4.99 Å². The largest absolute Gasteiger partial charge is 0.373 e. The van der Waals surface area contributed by atoms with Crippen molar-refractivity contribution in [3.05, 3.63) is 41.6 Å². The molecule has 1 aliphatic carbocycles. The quantitative estimate of drug-likeness (QED) is 0.536. The van der Waals surface area contributed by atoms with E-state index >= 15 is 0 Å². The number of nitrogens with one attached hydrogen (secondary N) is 2. The van der Waals surface area contributed by atoms with Crippen molar-refractivity contribution in [1.29, 1.82) is 0 Å². The second-order valence-electron chi connectivity index (χ2n) is 8.69. The molecule has 4 heterocycles. The number of rotatable bonds is 5. The summed E-state index contributed by atoms with van der Waals surface area (Å²) in [6.45, 7) is 8.62. The third kappa shape index (κ3) is 3.79. The molecule has 168 valence electrons. The van der Waals surface area contributed by atoms with Gasteiger partial charge in [-0.3, -0.25) is 4.79 Å². The number of hydrogen-bond donors (Lipinski definition) is 2. The molecule has 1 amide bonds. The summed E-state index contributed by atoms with van der Waals surface area (Å²) in [5.41, 5.74) is 2.60. The summed E-state index contributed by atoms with van der Waals surface area (Å²) in [6, 6.07) is 1.90. The number of amides is 1. The second kappa shape index (κ2) is 8.61. The molecule has 1 saturated carbocycles. The molecule has 1 saturated heterocycles. The number of nitrogens with zero attached hydrogens (tertiary/aromatic N) is 5. The molecule has 2 aromatic heterocycles. The Balaban J connectivity index is 1.44. The van der Waals surface area contributed by atoms with E-state index in [1.54, 1.807) is 6.20 Å². The number of aliphatic imine (C=N–C) groups is 1. The van der Waals surface area contributed by atoms with Crippen molar-refractivity contribution < 1.29 is 4.79 Å². The van der Waals surface area contributed by atoms with Gasteiger partial charge in [0.1, 0.15) is 17.2 Å². The van der Waals surface area contributed by atoms with Crippen LogP contribution in [0.25, 0.3) is 11.0 Å². The Hall–Kier alpha value is -2.81. The lowest BCUT2D eigenvalue weighted by atomic mass is 9.94. The van der Waals surface area contributed by atoms with Gasteiger partial charge < -0.3 is 20.1 Å². The molecule has 2 aliphatic heterocycles. The van der Waals surface area contributed by atoms with Gasteiger partial charge in [0, 0.05) is 48.4 Å². The van der Waals surface area contributed by atoms with Crippen LogP contribution >= 0.6 is 11.8 Å². The van der Waals surface area contributed by atoms with Crippen molar-refractivity contribution in [2.75, 3.05) is 36.5 Å². The summed E-state index contributed by atoms with van der Waals surface area (Å²) in [6.07, 6.45) is 10.2. The summed E-state index contributed by atoms with van der Waals surface area (Å²) < 4.78 is 2.16. The molecule has 2 aromatic rings. The number of allylic oxidation sites excluding steroid dienone is 3. The average Bonchev–Trinajstić information content (AvgIpc) is 3.45. The van der Waals surface area contributed by atoms with Crippen LogP contribution in [0, 0.1) is 0 Å². The second-order valence-corrected chi connectivity index (χ2v) is 9.92. The van der Waals surface area contributed by atoms with E-state index in [-0.39, 0.29) is 11.4 Å². The summed E-state index contributed by atoms with van der Waals surface area (Å²) >= 11 is 2.00. The predicted molar refractivity (Wildman–Crippen MR) is 130 cm³/mol. The third-order valence-electron chi connectivity index (χ3n) is 6.76. The maximum atomic E-state index is 12.5. The fourth-order valence-corrected chi connectivity index (χ4v) is 5.92. The molecule has 32 heavy (non-hydrogen) atoms. The Morgan fingerprint density at radius 3 is 2.84 bits per heavy atom. The normalized spacial score (nSPS) is 21.0. The lowest BCUT2D eigenvalue weighted by molar-refractivity contribution is 0.0876. The number of carbonyl (C=O) groups is 1. The summed E-state index contributed by atoms with van der Waals surface area (Å²) in [7, 11) is 0. The Bertz CT molecular complexity index is 1110. The maximum Gasteiger partial charge on any atom is 0.268 e. The van der Waals surface area contributed by atoms with Gasteiger partial charge in [-0.05, 0) is 44.7 Å². The first kappa shape index (κ1) is 21.1. The van der Waals surface area contributed by atoms with Gasteiger partial charge in [0.2, 0.25) is 5.95 Å². The van der Waals surface area contributed by atoms with Crippen LogP contribution in [0.3, 0.4) is 0 Å². The smallest absolute Gasteiger partial charge is 0.268 e. The third-order valence-corrected chi connectivity index (χ3v) is 7.71. The van der Waals surface area contributed by atoms with Crippen LogP contribution in [0.15, 0.2) is 40.9 Å².